The minimum absolute atomic E-state index is 0.125. The maximum atomic E-state index is 12.6. The average Bonchev–Trinajstić information content (AvgIpc) is 3.22. The van der Waals surface area contributed by atoms with Crippen molar-refractivity contribution in [2.45, 2.75) is 20.0 Å². The fourth-order valence-electron chi connectivity index (χ4n) is 2.75. The Kier molecular flexibility index (Phi) is 3.81. The van der Waals surface area contributed by atoms with E-state index in [1.165, 1.54) is 9.08 Å². The molecular formula is C17H15N5O2S. The van der Waals surface area contributed by atoms with E-state index in [1.807, 2.05) is 41.8 Å². The predicted octanol–water partition coefficient (Wildman–Crippen LogP) is 1.73. The normalized spacial score (nSPS) is 11.2. The first kappa shape index (κ1) is 15.5. The lowest BCUT2D eigenvalue weighted by Crippen LogP contribution is -2.32. The van der Waals surface area contributed by atoms with Crippen molar-refractivity contribution < 1.29 is 4.79 Å². The van der Waals surface area contributed by atoms with E-state index in [1.54, 1.807) is 18.3 Å². The number of hydrogen-bond donors (Lipinski definition) is 1. The van der Waals surface area contributed by atoms with E-state index in [2.05, 4.69) is 15.4 Å². The third-order valence-electron chi connectivity index (χ3n) is 3.92. The van der Waals surface area contributed by atoms with Crippen molar-refractivity contribution in [3.8, 4) is 0 Å². The van der Waals surface area contributed by atoms with E-state index in [4.69, 9.17) is 0 Å². The number of amides is 1. The van der Waals surface area contributed by atoms with Crippen molar-refractivity contribution >= 4 is 33.8 Å². The van der Waals surface area contributed by atoms with Crippen LogP contribution in [0, 0.1) is 6.92 Å². The molecule has 126 valence electrons. The van der Waals surface area contributed by atoms with Crippen molar-refractivity contribution in [2.24, 2.45) is 0 Å². The van der Waals surface area contributed by atoms with Crippen LogP contribution >= 0.6 is 11.3 Å². The van der Waals surface area contributed by atoms with Crippen LogP contribution in [0.15, 0.2) is 46.6 Å². The van der Waals surface area contributed by atoms with Gasteiger partial charge in [0.05, 0.1) is 12.1 Å². The number of thiophene rings is 1. The van der Waals surface area contributed by atoms with Crippen LogP contribution in [-0.4, -0.2) is 25.1 Å². The van der Waals surface area contributed by atoms with Gasteiger partial charge in [0.15, 0.2) is 5.65 Å². The number of rotatable bonds is 4. The van der Waals surface area contributed by atoms with E-state index in [9.17, 15) is 9.59 Å². The second kappa shape index (κ2) is 6.14. The van der Waals surface area contributed by atoms with Gasteiger partial charge in [0.25, 0.3) is 0 Å². The van der Waals surface area contributed by atoms with E-state index in [0.29, 0.717) is 18.0 Å². The molecule has 0 aliphatic heterocycles. The van der Waals surface area contributed by atoms with Crippen LogP contribution in [0.4, 0.5) is 0 Å². The third-order valence-corrected chi connectivity index (χ3v) is 4.80. The highest BCUT2D eigenvalue weighted by Gasteiger charge is 2.15. The summed E-state index contributed by atoms with van der Waals surface area (Å²) in [5.41, 5.74) is 0.919. The number of fused-ring (bicyclic) bond motifs is 3. The van der Waals surface area contributed by atoms with Gasteiger partial charge < -0.3 is 5.32 Å². The summed E-state index contributed by atoms with van der Waals surface area (Å²) in [5.74, 6) is 0.290. The van der Waals surface area contributed by atoms with E-state index >= 15 is 0 Å². The highest BCUT2D eigenvalue weighted by molar-refractivity contribution is 7.09. The summed E-state index contributed by atoms with van der Waals surface area (Å²) >= 11 is 1.57. The predicted molar refractivity (Wildman–Crippen MR) is 95.7 cm³/mol. The third kappa shape index (κ3) is 2.80. The summed E-state index contributed by atoms with van der Waals surface area (Å²) in [6.45, 7) is 2.07. The van der Waals surface area contributed by atoms with Gasteiger partial charge in [0, 0.05) is 10.3 Å². The van der Waals surface area contributed by atoms with Crippen LogP contribution in [-0.2, 0) is 17.9 Å². The fraction of sp³-hybridized carbons (Fsp3) is 0.176. The van der Waals surface area contributed by atoms with Crippen LogP contribution in [0.25, 0.3) is 16.6 Å². The van der Waals surface area contributed by atoms with E-state index in [0.717, 1.165) is 15.8 Å². The first-order valence-corrected chi connectivity index (χ1v) is 8.65. The largest absolute Gasteiger partial charge is 0.352 e. The Morgan fingerprint density at radius 3 is 2.88 bits per heavy atom. The minimum Gasteiger partial charge on any atom is -0.350 e. The van der Waals surface area contributed by atoms with Crippen molar-refractivity contribution in [1.29, 1.82) is 0 Å². The average molecular weight is 353 g/mol. The number of nitrogens with one attached hydrogen (secondary N) is 1. The van der Waals surface area contributed by atoms with Gasteiger partial charge in [-0.2, -0.15) is 0 Å². The zero-order valence-corrected chi connectivity index (χ0v) is 14.3. The standard InChI is InChI=1S/C17H15N5O2S/c1-11-19-14-7-3-2-6-13(14)16-20-21(17(24)22(11)16)10-15(23)18-9-12-5-4-8-25-12/h2-8H,9-10H2,1H3,(H,18,23). The number of aromatic nitrogens is 4. The van der Waals surface area contributed by atoms with Crippen LogP contribution in [0.3, 0.4) is 0 Å². The Hall–Kier alpha value is -3.00. The van der Waals surface area contributed by atoms with Gasteiger partial charge in [0.1, 0.15) is 12.4 Å². The van der Waals surface area contributed by atoms with Crippen molar-refractivity contribution in [1.82, 2.24) is 24.5 Å². The number of nitrogens with zero attached hydrogens (tertiary/aromatic N) is 4. The molecule has 1 amide bonds. The van der Waals surface area contributed by atoms with Gasteiger partial charge in [-0.25, -0.2) is 18.9 Å². The monoisotopic (exact) mass is 353 g/mol. The quantitative estimate of drug-likeness (QED) is 0.606. The van der Waals surface area contributed by atoms with Crippen LogP contribution in [0.5, 0.6) is 0 Å². The molecule has 0 aliphatic rings. The van der Waals surface area contributed by atoms with Gasteiger partial charge in [-0.3, -0.25) is 4.79 Å². The number of aryl methyl sites for hydroxylation is 1. The summed E-state index contributed by atoms with van der Waals surface area (Å²) in [6, 6.07) is 11.4. The molecule has 3 heterocycles. The number of para-hydroxylation sites is 1. The molecule has 0 fully saturated rings. The van der Waals surface area contributed by atoms with E-state index in [-0.39, 0.29) is 18.1 Å². The van der Waals surface area contributed by atoms with Gasteiger partial charge in [-0.05, 0) is 30.5 Å². The van der Waals surface area contributed by atoms with Gasteiger partial charge in [0.2, 0.25) is 5.91 Å². The summed E-state index contributed by atoms with van der Waals surface area (Å²) in [4.78, 5) is 30.3. The number of carbonyl (C=O) groups is 1. The molecule has 0 atom stereocenters. The molecule has 7 nitrogen and oxygen atoms in total. The summed E-state index contributed by atoms with van der Waals surface area (Å²) in [5, 5.41) is 9.89. The van der Waals surface area contributed by atoms with Crippen molar-refractivity contribution in [3.63, 3.8) is 0 Å². The molecule has 4 rings (SSSR count). The summed E-state index contributed by atoms with van der Waals surface area (Å²) in [7, 11) is 0. The number of carbonyl (C=O) groups excluding carboxylic acids is 1. The number of hydrogen-bond acceptors (Lipinski definition) is 5. The van der Waals surface area contributed by atoms with Crippen molar-refractivity contribution in [3.05, 3.63) is 63.0 Å². The molecule has 0 saturated carbocycles. The smallest absolute Gasteiger partial charge is 0.350 e. The van der Waals surface area contributed by atoms with Crippen LogP contribution < -0.4 is 11.0 Å². The number of benzene rings is 1. The maximum Gasteiger partial charge on any atom is 0.352 e. The van der Waals surface area contributed by atoms with Crippen molar-refractivity contribution in [2.75, 3.05) is 0 Å². The molecule has 1 aromatic carbocycles. The molecule has 0 saturated heterocycles. The zero-order chi connectivity index (χ0) is 17.4. The molecule has 0 bridgehead atoms. The molecule has 1 N–H and O–H groups in total. The lowest BCUT2D eigenvalue weighted by Gasteiger charge is -2.02. The summed E-state index contributed by atoms with van der Waals surface area (Å²) in [6.07, 6.45) is 0. The van der Waals surface area contributed by atoms with Gasteiger partial charge >= 0.3 is 5.69 Å². The Morgan fingerprint density at radius 2 is 2.08 bits per heavy atom. The molecule has 0 radical (unpaired) electrons. The van der Waals surface area contributed by atoms with Gasteiger partial charge in [-0.15, -0.1) is 16.4 Å². The Morgan fingerprint density at radius 1 is 1.24 bits per heavy atom. The summed E-state index contributed by atoms with van der Waals surface area (Å²) < 4.78 is 2.62. The molecule has 8 heteroatoms. The molecule has 0 unspecified atom stereocenters. The lowest BCUT2D eigenvalue weighted by molar-refractivity contribution is -0.122. The topological polar surface area (TPSA) is 81.3 Å². The first-order valence-electron chi connectivity index (χ1n) is 7.77. The molecule has 3 aromatic heterocycles. The maximum absolute atomic E-state index is 12.6. The zero-order valence-electron chi connectivity index (χ0n) is 13.5. The molecule has 25 heavy (non-hydrogen) atoms. The highest BCUT2D eigenvalue weighted by atomic mass is 32.1. The second-order valence-corrected chi connectivity index (χ2v) is 6.66. The van der Waals surface area contributed by atoms with Crippen LogP contribution in [0.1, 0.15) is 10.7 Å². The first-order chi connectivity index (χ1) is 12.1. The second-order valence-electron chi connectivity index (χ2n) is 5.63. The Labute approximate surface area is 146 Å². The van der Waals surface area contributed by atoms with Gasteiger partial charge in [-0.1, -0.05) is 18.2 Å². The molecule has 0 spiro atoms. The molecule has 4 aromatic rings. The minimum atomic E-state index is -0.364. The molecular weight excluding hydrogens is 338 g/mol. The van der Waals surface area contributed by atoms with E-state index < -0.39 is 0 Å². The Balaban J connectivity index is 1.67. The fourth-order valence-corrected chi connectivity index (χ4v) is 3.40. The SMILES string of the molecule is Cc1nc2ccccc2c2nn(CC(=O)NCc3cccs3)c(=O)n12. The lowest BCUT2D eigenvalue weighted by atomic mass is 10.2. The highest BCUT2D eigenvalue weighted by Crippen LogP contribution is 2.16. The van der Waals surface area contributed by atoms with Crippen LogP contribution in [0.2, 0.25) is 0 Å². The Bertz CT molecular complexity index is 1130. The molecule has 0 aliphatic carbocycles.